The summed E-state index contributed by atoms with van der Waals surface area (Å²) in [5.74, 6) is -1.13. The van der Waals surface area contributed by atoms with Gasteiger partial charge in [-0.2, -0.15) is 0 Å². The summed E-state index contributed by atoms with van der Waals surface area (Å²) in [6.45, 7) is 3.44. The van der Waals surface area contributed by atoms with E-state index in [2.05, 4.69) is 15.2 Å². The fourth-order valence-electron chi connectivity index (χ4n) is 1.99. The third kappa shape index (κ3) is 3.27. The van der Waals surface area contributed by atoms with Crippen LogP contribution < -0.4 is 5.32 Å². The Morgan fingerprint density at radius 2 is 2.44 bits per heavy atom. The van der Waals surface area contributed by atoms with E-state index >= 15 is 0 Å². The number of hydrogen-bond acceptors (Lipinski definition) is 5. The molecule has 6 nitrogen and oxygen atoms in total. The van der Waals surface area contributed by atoms with Crippen molar-refractivity contribution in [3.8, 4) is 0 Å². The zero-order chi connectivity index (χ0) is 13.1. The van der Waals surface area contributed by atoms with Crippen LogP contribution in [0.15, 0.2) is 5.38 Å². The smallest absolute Gasteiger partial charge is 0.307 e. The van der Waals surface area contributed by atoms with Crippen LogP contribution in [-0.2, 0) is 16.1 Å². The van der Waals surface area contributed by atoms with Gasteiger partial charge in [-0.05, 0) is 13.0 Å². The summed E-state index contributed by atoms with van der Waals surface area (Å²) in [5, 5.41) is 14.0. The number of thiazole rings is 1. The highest BCUT2D eigenvalue weighted by Gasteiger charge is 2.28. The number of anilines is 1. The first kappa shape index (κ1) is 13.0. The summed E-state index contributed by atoms with van der Waals surface area (Å²) in [7, 11) is 0. The van der Waals surface area contributed by atoms with Gasteiger partial charge in [0.05, 0.1) is 11.6 Å². The number of rotatable bonds is 4. The number of carbonyl (C=O) groups is 2. The van der Waals surface area contributed by atoms with Gasteiger partial charge < -0.3 is 10.4 Å². The molecular weight excluding hydrogens is 254 g/mol. The second-order valence-electron chi connectivity index (χ2n) is 4.38. The molecule has 18 heavy (non-hydrogen) atoms. The minimum absolute atomic E-state index is 0.136. The fraction of sp³-hybridized carbons (Fsp3) is 0.545. The Bertz CT molecular complexity index is 460. The number of nitrogens with zero attached hydrogens (tertiary/aromatic N) is 2. The fourth-order valence-corrected chi connectivity index (χ4v) is 2.74. The van der Waals surface area contributed by atoms with Gasteiger partial charge in [-0.15, -0.1) is 11.3 Å². The van der Waals surface area contributed by atoms with Crippen molar-refractivity contribution >= 4 is 28.3 Å². The number of aliphatic carboxylic acids is 1. The van der Waals surface area contributed by atoms with E-state index in [0.717, 1.165) is 12.2 Å². The van der Waals surface area contributed by atoms with Crippen LogP contribution in [-0.4, -0.2) is 40.0 Å². The van der Waals surface area contributed by atoms with Gasteiger partial charge in [-0.1, -0.05) is 0 Å². The van der Waals surface area contributed by atoms with Crippen molar-refractivity contribution in [2.75, 3.05) is 18.4 Å². The van der Waals surface area contributed by atoms with Crippen LogP contribution in [0.3, 0.4) is 0 Å². The Kier molecular flexibility index (Phi) is 3.93. The Hall–Kier alpha value is -1.47. The highest BCUT2D eigenvalue weighted by atomic mass is 32.1. The molecule has 0 aliphatic carbocycles. The normalized spacial score (nSPS) is 19.9. The lowest BCUT2D eigenvalue weighted by Crippen LogP contribution is -2.23. The molecule has 1 aliphatic rings. The van der Waals surface area contributed by atoms with Crippen molar-refractivity contribution in [2.24, 2.45) is 5.92 Å². The molecule has 2 rings (SSSR count). The Morgan fingerprint density at radius 1 is 1.67 bits per heavy atom. The van der Waals surface area contributed by atoms with Gasteiger partial charge >= 0.3 is 5.97 Å². The highest BCUT2D eigenvalue weighted by Crippen LogP contribution is 2.21. The van der Waals surface area contributed by atoms with E-state index in [4.69, 9.17) is 5.11 Å². The second kappa shape index (κ2) is 5.45. The number of likely N-dealkylation sites (tertiary alicyclic amines) is 1. The monoisotopic (exact) mass is 269 g/mol. The predicted molar refractivity (Wildman–Crippen MR) is 67.4 cm³/mol. The molecule has 2 heterocycles. The first-order valence-corrected chi connectivity index (χ1v) is 6.59. The van der Waals surface area contributed by atoms with Crippen LogP contribution in [0.25, 0.3) is 0 Å². The molecule has 0 radical (unpaired) electrons. The average molecular weight is 269 g/mol. The van der Waals surface area contributed by atoms with Crippen LogP contribution in [0, 0.1) is 5.92 Å². The van der Waals surface area contributed by atoms with Crippen molar-refractivity contribution in [3.63, 3.8) is 0 Å². The SMILES string of the molecule is CC(=O)Nc1nc(CN2CCC(C(=O)O)C2)cs1. The largest absolute Gasteiger partial charge is 0.481 e. The summed E-state index contributed by atoms with van der Waals surface area (Å²) in [6.07, 6.45) is 0.692. The summed E-state index contributed by atoms with van der Waals surface area (Å²) < 4.78 is 0. The molecule has 1 unspecified atom stereocenters. The third-order valence-electron chi connectivity index (χ3n) is 2.84. The number of carbonyl (C=O) groups excluding carboxylic acids is 1. The van der Waals surface area contributed by atoms with Gasteiger partial charge in [0, 0.05) is 25.4 Å². The third-order valence-corrected chi connectivity index (χ3v) is 3.65. The quantitative estimate of drug-likeness (QED) is 0.852. The number of aromatic nitrogens is 1. The summed E-state index contributed by atoms with van der Waals surface area (Å²) >= 11 is 1.38. The minimum Gasteiger partial charge on any atom is -0.481 e. The average Bonchev–Trinajstić information content (AvgIpc) is 2.88. The molecule has 2 N–H and O–H groups in total. The lowest BCUT2D eigenvalue weighted by atomic mass is 10.1. The molecule has 0 aromatic carbocycles. The van der Waals surface area contributed by atoms with E-state index in [9.17, 15) is 9.59 Å². The van der Waals surface area contributed by atoms with Crippen molar-refractivity contribution in [2.45, 2.75) is 19.9 Å². The summed E-state index contributed by atoms with van der Waals surface area (Å²) in [4.78, 5) is 28.1. The van der Waals surface area contributed by atoms with E-state index in [0.29, 0.717) is 24.6 Å². The molecule has 1 aromatic heterocycles. The van der Waals surface area contributed by atoms with Crippen LogP contribution in [0.1, 0.15) is 19.0 Å². The molecule has 98 valence electrons. The number of carboxylic acid groups (broad SMARTS) is 1. The minimum atomic E-state index is -0.727. The zero-order valence-corrected chi connectivity index (χ0v) is 10.9. The summed E-state index contributed by atoms with van der Waals surface area (Å²) in [6, 6.07) is 0. The maximum absolute atomic E-state index is 10.9. The van der Waals surface area contributed by atoms with E-state index in [-0.39, 0.29) is 11.8 Å². The second-order valence-corrected chi connectivity index (χ2v) is 5.24. The maximum Gasteiger partial charge on any atom is 0.307 e. The molecule has 1 fully saturated rings. The van der Waals surface area contributed by atoms with E-state index < -0.39 is 5.97 Å². The molecule has 0 bridgehead atoms. The molecule has 1 amide bonds. The molecule has 1 aromatic rings. The number of carboxylic acids is 1. The number of hydrogen-bond donors (Lipinski definition) is 2. The Balaban J connectivity index is 1.88. The molecular formula is C11H15N3O3S. The molecule has 1 atom stereocenters. The zero-order valence-electron chi connectivity index (χ0n) is 10.0. The van der Waals surface area contributed by atoms with Gasteiger partial charge in [-0.3, -0.25) is 14.5 Å². The van der Waals surface area contributed by atoms with Crippen molar-refractivity contribution in [3.05, 3.63) is 11.1 Å². The highest BCUT2D eigenvalue weighted by molar-refractivity contribution is 7.13. The maximum atomic E-state index is 10.9. The Morgan fingerprint density at radius 3 is 3.06 bits per heavy atom. The van der Waals surface area contributed by atoms with Gasteiger partial charge in [-0.25, -0.2) is 4.98 Å². The van der Waals surface area contributed by atoms with Gasteiger partial charge in [0.2, 0.25) is 5.91 Å². The lowest BCUT2D eigenvalue weighted by molar-refractivity contribution is -0.141. The number of nitrogens with one attached hydrogen (secondary N) is 1. The Labute approximate surface area is 109 Å². The standard InChI is InChI=1S/C11H15N3O3S/c1-7(15)12-11-13-9(6-18-11)5-14-3-2-8(4-14)10(16)17/h6,8H,2-5H2,1H3,(H,16,17)(H,12,13,15). The van der Waals surface area contributed by atoms with Crippen molar-refractivity contribution < 1.29 is 14.7 Å². The van der Waals surface area contributed by atoms with E-state index in [1.54, 1.807) is 0 Å². The topological polar surface area (TPSA) is 82.5 Å². The lowest BCUT2D eigenvalue weighted by Gasteiger charge is -2.12. The van der Waals surface area contributed by atoms with Gasteiger partial charge in [0.25, 0.3) is 0 Å². The molecule has 1 aliphatic heterocycles. The summed E-state index contributed by atoms with van der Waals surface area (Å²) in [5.41, 5.74) is 0.870. The van der Waals surface area contributed by atoms with Gasteiger partial charge in [0.15, 0.2) is 5.13 Å². The van der Waals surface area contributed by atoms with E-state index in [1.165, 1.54) is 18.3 Å². The van der Waals surface area contributed by atoms with Gasteiger partial charge in [0.1, 0.15) is 0 Å². The van der Waals surface area contributed by atoms with Crippen LogP contribution in [0.2, 0.25) is 0 Å². The molecule has 7 heteroatoms. The first-order chi connectivity index (χ1) is 8.54. The molecule has 0 spiro atoms. The number of amides is 1. The van der Waals surface area contributed by atoms with Crippen LogP contribution in [0.5, 0.6) is 0 Å². The van der Waals surface area contributed by atoms with Crippen LogP contribution >= 0.6 is 11.3 Å². The van der Waals surface area contributed by atoms with Crippen molar-refractivity contribution in [1.29, 1.82) is 0 Å². The molecule has 0 saturated carbocycles. The predicted octanol–water partition coefficient (Wildman–Crippen LogP) is 1.01. The molecule has 1 saturated heterocycles. The van der Waals surface area contributed by atoms with Crippen LogP contribution in [0.4, 0.5) is 5.13 Å². The van der Waals surface area contributed by atoms with E-state index in [1.807, 2.05) is 5.38 Å². The first-order valence-electron chi connectivity index (χ1n) is 5.71. The van der Waals surface area contributed by atoms with Crippen molar-refractivity contribution in [1.82, 2.24) is 9.88 Å².